The first kappa shape index (κ1) is 14.1. The molecule has 0 amide bonds. The highest BCUT2D eigenvalue weighted by Gasteiger charge is 2.41. The highest BCUT2D eigenvalue weighted by molar-refractivity contribution is 7.89. The topological polar surface area (TPSA) is 76.3 Å². The van der Waals surface area contributed by atoms with Crippen LogP contribution in [0.3, 0.4) is 0 Å². The Morgan fingerprint density at radius 3 is 2.67 bits per heavy atom. The van der Waals surface area contributed by atoms with Crippen LogP contribution in [0.15, 0.2) is 27.6 Å². The molecule has 0 aliphatic carbocycles. The summed E-state index contributed by atoms with van der Waals surface area (Å²) in [5.41, 5.74) is 0. The summed E-state index contributed by atoms with van der Waals surface area (Å²) in [6, 6.07) is 2.34. The van der Waals surface area contributed by atoms with Crippen molar-refractivity contribution in [2.24, 2.45) is 0 Å². The summed E-state index contributed by atoms with van der Waals surface area (Å²) in [4.78, 5) is 3.36. The first-order valence-electron chi connectivity index (χ1n) is 6.13. The molecule has 112 valence electrons. The van der Waals surface area contributed by atoms with E-state index >= 15 is 0 Å². The van der Waals surface area contributed by atoms with Gasteiger partial charge in [-0.15, -0.1) is 0 Å². The van der Waals surface area contributed by atoms with Crippen molar-refractivity contribution in [3.63, 3.8) is 0 Å². The van der Waals surface area contributed by atoms with Crippen LogP contribution in [0.1, 0.15) is 17.6 Å². The standard InChI is InChI=1S/C12H11F2N3O3S/c1-7-15-12(20-16-7)8-5-17(6-8)21(18,19)11-4-9(13)2-3-10(11)14/h2-4,8H,5-6H2,1H3. The molecule has 3 rings (SSSR count). The summed E-state index contributed by atoms with van der Waals surface area (Å²) in [6.07, 6.45) is 0. The SMILES string of the molecule is Cc1noc(C2CN(S(=O)(=O)c3cc(F)ccc3F)C2)n1. The van der Waals surface area contributed by atoms with Gasteiger partial charge >= 0.3 is 0 Å². The van der Waals surface area contributed by atoms with Crippen LogP contribution in [0, 0.1) is 18.6 Å². The van der Waals surface area contributed by atoms with Crippen molar-refractivity contribution in [2.75, 3.05) is 13.1 Å². The zero-order chi connectivity index (χ0) is 15.2. The minimum atomic E-state index is -4.06. The van der Waals surface area contributed by atoms with Crippen LogP contribution in [0.5, 0.6) is 0 Å². The lowest BCUT2D eigenvalue weighted by atomic mass is 10.0. The van der Waals surface area contributed by atoms with Gasteiger partial charge in [-0.25, -0.2) is 17.2 Å². The van der Waals surface area contributed by atoms with Crippen molar-refractivity contribution in [1.82, 2.24) is 14.4 Å². The molecule has 0 bridgehead atoms. The van der Waals surface area contributed by atoms with Gasteiger partial charge in [-0.05, 0) is 25.1 Å². The van der Waals surface area contributed by atoms with Gasteiger partial charge < -0.3 is 4.52 Å². The van der Waals surface area contributed by atoms with Crippen molar-refractivity contribution in [2.45, 2.75) is 17.7 Å². The lowest BCUT2D eigenvalue weighted by Crippen LogP contribution is -2.48. The Hall–Kier alpha value is -1.87. The van der Waals surface area contributed by atoms with Crippen molar-refractivity contribution < 1.29 is 21.7 Å². The molecule has 6 nitrogen and oxygen atoms in total. The maximum absolute atomic E-state index is 13.6. The Balaban J connectivity index is 1.80. The molecule has 0 unspecified atom stereocenters. The average molecular weight is 315 g/mol. The van der Waals surface area contributed by atoms with Crippen LogP contribution < -0.4 is 0 Å². The molecule has 1 aliphatic heterocycles. The minimum absolute atomic E-state index is 0.0971. The van der Waals surface area contributed by atoms with Gasteiger partial charge in [-0.3, -0.25) is 0 Å². The Morgan fingerprint density at radius 2 is 2.05 bits per heavy atom. The maximum Gasteiger partial charge on any atom is 0.246 e. The lowest BCUT2D eigenvalue weighted by Gasteiger charge is -2.35. The second-order valence-electron chi connectivity index (χ2n) is 4.77. The molecular weight excluding hydrogens is 304 g/mol. The van der Waals surface area contributed by atoms with Gasteiger partial charge in [0.25, 0.3) is 0 Å². The number of hydrogen-bond donors (Lipinski definition) is 0. The molecule has 0 N–H and O–H groups in total. The fourth-order valence-corrected chi connectivity index (χ4v) is 3.69. The van der Waals surface area contributed by atoms with Crippen molar-refractivity contribution in [1.29, 1.82) is 0 Å². The third-order valence-corrected chi connectivity index (χ3v) is 5.10. The Labute approximate surface area is 119 Å². The van der Waals surface area contributed by atoms with Gasteiger partial charge in [0.2, 0.25) is 15.9 Å². The lowest BCUT2D eigenvalue weighted by molar-refractivity contribution is 0.216. The predicted octanol–water partition coefficient (Wildman–Crippen LogP) is 1.44. The third kappa shape index (κ3) is 2.42. The Bertz CT molecular complexity index is 785. The van der Waals surface area contributed by atoms with Crippen LogP contribution >= 0.6 is 0 Å². The fourth-order valence-electron chi connectivity index (χ4n) is 2.08. The van der Waals surface area contributed by atoms with Gasteiger partial charge in [-0.1, -0.05) is 5.16 Å². The van der Waals surface area contributed by atoms with Gasteiger partial charge in [0.15, 0.2) is 5.82 Å². The number of nitrogens with zero attached hydrogens (tertiary/aromatic N) is 3. The smallest absolute Gasteiger partial charge is 0.246 e. The molecule has 21 heavy (non-hydrogen) atoms. The van der Waals surface area contributed by atoms with Crippen LogP contribution in [-0.2, 0) is 10.0 Å². The normalized spacial score (nSPS) is 16.9. The van der Waals surface area contributed by atoms with Crippen molar-refractivity contribution in [3.8, 4) is 0 Å². The van der Waals surface area contributed by atoms with Crippen LogP contribution in [0.4, 0.5) is 8.78 Å². The molecule has 0 atom stereocenters. The van der Waals surface area contributed by atoms with E-state index < -0.39 is 26.6 Å². The molecule has 1 saturated heterocycles. The van der Waals surface area contributed by atoms with Crippen LogP contribution in [-0.4, -0.2) is 36.0 Å². The monoisotopic (exact) mass is 315 g/mol. The fraction of sp³-hybridized carbons (Fsp3) is 0.333. The van der Waals surface area contributed by atoms with Crippen molar-refractivity contribution in [3.05, 3.63) is 41.5 Å². The first-order valence-corrected chi connectivity index (χ1v) is 7.57. The van der Waals surface area contributed by atoms with E-state index in [1.54, 1.807) is 6.92 Å². The molecule has 0 saturated carbocycles. The number of aromatic nitrogens is 2. The molecule has 1 aromatic carbocycles. The first-order chi connectivity index (χ1) is 9.88. The summed E-state index contributed by atoms with van der Waals surface area (Å²) < 4.78 is 57.2. The Morgan fingerprint density at radius 1 is 1.33 bits per heavy atom. The summed E-state index contributed by atoms with van der Waals surface area (Å²) in [5.74, 6) is -1.20. The maximum atomic E-state index is 13.6. The highest BCUT2D eigenvalue weighted by atomic mass is 32.2. The number of benzene rings is 1. The van der Waals surface area contributed by atoms with Gasteiger partial charge in [0, 0.05) is 13.1 Å². The second-order valence-corrected chi connectivity index (χ2v) is 6.68. The van der Waals surface area contributed by atoms with Crippen LogP contribution in [0.2, 0.25) is 0 Å². The van der Waals surface area contributed by atoms with Crippen LogP contribution in [0.25, 0.3) is 0 Å². The van der Waals surface area contributed by atoms with E-state index in [1.165, 1.54) is 0 Å². The molecule has 0 radical (unpaired) electrons. The molecule has 2 aromatic rings. The molecule has 0 spiro atoms. The van der Waals surface area contributed by atoms with Gasteiger partial charge in [-0.2, -0.15) is 9.29 Å². The largest absolute Gasteiger partial charge is 0.339 e. The highest BCUT2D eigenvalue weighted by Crippen LogP contribution is 2.32. The zero-order valence-electron chi connectivity index (χ0n) is 11.0. The molecular formula is C12H11F2N3O3S. The summed E-state index contributed by atoms with van der Waals surface area (Å²) >= 11 is 0. The van der Waals surface area contributed by atoms with Gasteiger partial charge in [0.05, 0.1) is 5.92 Å². The van der Waals surface area contributed by atoms with E-state index in [0.717, 1.165) is 16.4 Å². The minimum Gasteiger partial charge on any atom is -0.339 e. The number of sulfonamides is 1. The Kier molecular flexibility index (Phi) is 3.25. The zero-order valence-corrected chi connectivity index (χ0v) is 11.8. The summed E-state index contributed by atoms with van der Waals surface area (Å²) in [7, 11) is -4.06. The summed E-state index contributed by atoms with van der Waals surface area (Å²) in [5, 5.41) is 3.63. The van der Waals surface area contributed by atoms with E-state index in [1.807, 2.05) is 0 Å². The molecule has 9 heteroatoms. The van der Waals surface area contributed by atoms with E-state index in [-0.39, 0.29) is 19.0 Å². The predicted molar refractivity (Wildman–Crippen MR) is 66.9 cm³/mol. The molecule has 1 fully saturated rings. The van der Waals surface area contributed by atoms with E-state index in [9.17, 15) is 17.2 Å². The van der Waals surface area contributed by atoms with Gasteiger partial charge in [0.1, 0.15) is 16.5 Å². The third-order valence-electron chi connectivity index (χ3n) is 3.25. The number of aryl methyl sites for hydroxylation is 1. The van der Waals surface area contributed by atoms with E-state index in [2.05, 4.69) is 10.1 Å². The van der Waals surface area contributed by atoms with E-state index in [4.69, 9.17) is 4.52 Å². The molecule has 2 heterocycles. The number of rotatable bonds is 3. The average Bonchev–Trinajstić information content (AvgIpc) is 2.76. The second kappa shape index (κ2) is 4.85. The molecule has 1 aliphatic rings. The van der Waals surface area contributed by atoms with Crippen molar-refractivity contribution >= 4 is 10.0 Å². The number of halogens is 2. The van der Waals surface area contributed by atoms with E-state index in [0.29, 0.717) is 17.8 Å². The quantitative estimate of drug-likeness (QED) is 0.857. The number of hydrogen-bond acceptors (Lipinski definition) is 5. The summed E-state index contributed by atoms with van der Waals surface area (Å²) in [6.45, 7) is 1.85. The molecule has 1 aromatic heterocycles.